The van der Waals surface area contributed by atoms with Crippen LogP contribution in [0.15, 0.2) is 24.3 Å². The Morgan fingerprint density at radius 2 is 2.26 bits per heavy atom. The standard InChI is InChI=1S/C12H14N6S/c1-18(8-11-16-17-12(15-14)19-11)7-10-4-2-3-9(5-10)6-13/h2-5H,7-8,14H2,1H3,(H,15,17). The zero-order valence-corrected chi connectivity index (χ0v) is 11.3. The number of hydrogen-bond donors (Lipinski definition) is 2. The van der Waals surface area contributed by atoms with Gasteiger partial charge in [0.15, 0.2) is 0 Å². The van der Waals surface area contributed by atoms with Gasteiger partial charge in [-0.3, -0.25) is 10.3 Å². The summed E-state index contributed by atoms with van der Waals surface area (Å²) in [5.74, 6) is 5.26. The lowest BCUT2D eigenvalue weighted by Gasteiger charge is -2.14. The second-order valence-electron chi connectivity index (χ2n) is 4.13. The molecule has 6 nitrogen and oxygen atoms in total. The van der Waals surface area contributed by atoms with Crippen LogP contribution in [0.4, 0.5) is 5.13 Å². The SMILES string of the molecule is CN(Cc1cccc(C#N)c1)Cc1nnc(NN)s1. The summed E-state index contributed by atoms with van der Waals surface area (Å²) >= 11 is 1.43. The zero-order valence-electron chi connectivity index (χ0n) is 10.5. The summed E-state index contributed by atoms with van der Waals surface area (Å²) < 4.78 is 0. The highest BCUT2D eigenvalue weighted by Crippen LogP contribution is 2.16. The van der Waals surface area contributed by atoms with Crippen molar-refractivity contribution in [1.29, 1.82) is 5.26 Å². The van der Waals surface area contributed by atoms with Gasteiger partial charge in [-0.1, -0.05) is 23.5 Å². The molecule has 0 spiro atoms. The highest BCUT2D eigenvalue weighted by molar-refractivity contribution is 7.15. The molecule has 3 N–H and O–H groups in total. The molecule has 0 bridgehead atoms. The van der Waals surface area contributed by atoms with E-state index in [4.69, 9.17) is 11.1 Å². The van der Waals surface area contributed by atoms with Crippen LogP contribution in [-0.2, 0) is 13.1 Å². The van der Waals surface area contributed by atoms with Crippen LogP contribution in [0.25, 0.3) is 0 Å². The Morgan fingerprint density at radius 1 is 1.42 bits per heavy atom. The number of anilines is 1. The number of nitrogens with one attached hydrogen (secondary N) is 1. The van der Waals surface area contributed by atoms with E-state index in [0.29, 0.717) is 17.2 Å². The van der Waals surface area contributed by atoms with Crippen LogP contribution in [-0.4, -0.2) is 22.1 Å². The first-order valence-corrected chi connectivity index (χ1v) is 6.49. The maximum atomic E-state index is 8.86. The molecule has 0 aliphatic heterocycles. The largest absolute Gasteiger partial charge is 0.298 e. The fraction of sp³-hybridized carbons (Fsp3) is 0.250. The Hall–Kier alpha value is -2.01. The van der Waals surface area contributed by atoms with Crippen molar-refractivity contribution in [3.63, 3.8) is 0 Å². The second kappa shape index (κ2) is 6.24. The highest BCUT2D eigenvalue weighted by Gasteiger charge is 2.07. The molecule has 0 aliphatic carbocycles. The number of aromatic nitrogens is 2. The summed E-state index contributed by atoms with van der Waals surface area (Å²) in [5, 5.41) is 18.3. The number of hydrogen-bond acceptors (Lipinski definition) is 7. The lowest BCUT2D eigenvalue weighted by molar-refractivity contribution is 0.317. The van der Waals surface area contributed by atoms with E-state index in [1.807, 2.05) is 25.2 Å². The molecule has 0 atom stereocenters. The molecule has 0 saturated carbocycles. The van der Waals surface area contributed by atoms with Crippen LogP contribution in [0.2, 0.25) is 0 Å². The fourth-order valence-electron chi connectivity index (χ4n) is 1.71. The van der Waals surface area contributed by atoms with E-state index < -0.39 is 0 Å². The molecule has 1 heterocycles. The third-order valence-corrected chi connectivity index (χ3v) is 3.34. The normalized spacial score (nSPS) is 10.4. The van der Waals surface area contributed by atoms with Gasteiger partial charge in [0.2, 0.25) is 5.13 Å². The summed E-state index contributed by atoms with van der Waals surface area (Å²) in [5.41, 5.74) is 4.25. The van der Waals surface area contributed by atoms with Crippen molar-refractivity contribution in [3.8, 4) is 6.07 Å². The van der Waals surface area contributed by atoms with Crippen LogP contribution >= 0.6 is 11.3 Å². The van der Waals surface area contributed by atoms with Crippen molar-refractivity contribution in [2.45, 2.75) is 13.1 Å². The molecule has 0 unspecified atom stereocenters. The summed E-state index contributed by atoms with van der Waals surface area (Å²) in [6.07, 6.45) is 0. The lowest BCUT2D eigenvalue weighted by atomic mass is 10.1. The third kappa shape index (κ3) is 3.72. The van der Waals surface area contributed by atoms with Gasteiger partial charge in [-0.2, -0.15) is 5.26 Å². The van der Waals surface area contributed by atoms with Gasteiger partial charge in [0.05, 0.1) is 18.2 Å². The van der Waals surface area contributed by atoms with Crippen LogP contribution < -0.4 is 11.3 Å². The molecular formula is C12H14N6S. The van der Waals surface area contributed by atoms with Crippen LogP contribution in [0, 0.1) is 11.3 Å². The Labute approximate surface area is 115 Å². The molecule has 98 valence electrons. The first-order chi connectivity index (χ1) is 9.21. The molecule has 0 radical (unpaired) electrons. The van der Waals surface area contributed by atoms with Gasteiger partial charge in [0, 0.05) is 6.54 Å². The molecule has 0 aliphatic rings. The van der Waals surface area contributed by atoms with Gasteiger partial charge in [0.1, 0.15) is 5.01 Å². The van der Waals surface area contributed by atoms with E-state index in [1.165, 1.54) is 11.3 Å². The molecule has 1 aromatic heterocycles. The van der Waals surface area contributed by atoms with Crippen molar-refractivity contribution in [1.82, 2.24) is 15.1 Å². The average molecular weight is 274 g/mol. The molecule has 2 aromatic rings. The van der Waals surface area contributed by atoms with Gasteiger partial charge >= 0.3 is 0 Å². The van der Waals surface area contributed by atoms with Crippen LogP contribution in [0.3, 0.4) is 0 Å². The second-order valence-corrected chi connectivity index (χ2v) is 5.19. The van der Waals surface area contributed by atoms with Crippen molar-refractivity contribution >= 4 is 16.5 Å². The van der Waals surface area contributed by atoms with Gasteiger partial charge in [-0.15, -0.1) is 10.2 Å². The highest BCUT2D eigenvalue weighted by atomic mass is 32.1. The molecule has 0 saturated heterocycles. The maximum absolute atomic E-state index is 8.86. The van der Waals surface area contributed by atoms with E-state index in [0.717, 1.165) is 17.1 Å². The number of nitriles is 1. The molecule has 2 rings (SSSR count). The van der Waals surface area contributed by atoms with Crippen LogP contribution in [0.5, 0.6) is 0 Å². The molecule has 7 heteroatoms. The van der Waals surface area contributed by atoms with E-state index >= 15 is 0 Å². The number of nitrogen functional groups attached to an aromatic ring is 1. The summed E-state index contributed by atoms with van der Waals surface area (Å²) in [7, 11) is 2.00. The van der Waals surface area contributed by atoms with Crippen molar-refractivity contribution in [2.75, 3.05) is 12.5 Å². The summed E-state index contributed by atoms with van der Waals surface area (Å²) in [4.78, 5) is 2.11. The predicted molar refractivity (Wildman–Crippen MR) is 74.0 cm³/mol. The van der Waals surface area contributed by atoms with Gasteiger partial charge in [0.25, 0.3) is 0 Å². The molecule has 1 aromatic carbocycles. The zero-order chi connectivity index (χ0) is 13.7. The fourth-order valence-corrected chi connectivity index (χ4v) is 2.44. The number of hydrazine groups is 1. The molecule has 0 fully saturated rings. The number of benzene rings is 1. The summed E-state index contributed by atoms with van der Waals surface area (Å²) in [6, 6.07) is 9.73. The maximum Gasteiger partial charge on any atom is 0.219 e. The minimum absolute atomic E-state index is 0.606. The Kier molecular flexibility index (Phi) is 4.41. The Morgan fingerprint density at radius 3 is 2.95 bits per heavy atom. The first-order valence-electron chi connectivity index (χ1n) is 5.68. The quantitative estimate of drug-likeness (QED) is 0.631. The molecule has 0 amide bonds. The number of rotatable bonds is 5. The van der Waals surface area contributed by atoms with E-state index in [1.54, 1.807) is 6.07 Å². The topological polar surface area (TPSA) is 90.9 Å². The Balaban J connectivity index is 1.97. The minimum Gasteiger partial charge on any atom is -0.298 e. The smallest absolute Gasteiger partial charge is 0.219 e. The van der Waals surface area contributed by atoms with E-state index in [9.17, 15) is 0 Å². The number of nitrogens with zero attached hydrogens (tertiary/aromatic N) is 4. The average Bonchev–Trinajstić information content (AvgIpc) is 2.86. The van der Waals surface area contributed by atoms with Gasteiger partial charge in [-0.25, -0.2) is 5.84 Å². The Bertz CT molecular complexity index is 588. The predicted octanol–water partition coefficient (Wildman–Crippen LogP) is 1.33. The van der Waals surface area contributed by atoms with E-state index in [-0.39, 0.29) is 0 Å². The molecule has 19 heavy (non-hydrogen) atoms. The van der Waals surface area contributed by atoms with E-state index in [2.05, 4.69) is 26.6 Å². The lowest BCUT2D eigenvalue weighted by Crippen LogP contribution is -2.17. The summed E-state index contributed by atoms with van der Waals surface area (Å²) in [6.45, 7) is 1.44. The third-order valence-electron chi connectivity index (χ3n) is 2.50. The minimum atomic E-state index is 0.606. The molecular weight excluding hydrogens is 260 g/mol. The van der Waals surface area contributed by atoms with Gasteiger partial charge < -0.3 is 0 Å². The van der Waals surface area contributed by atoms with Gasteiger partial charge in [-0.05, 0) is 24.7 Å². The van der Waals surface area contributed by atoms with Crippen LogP contribution in [0.1, 0.15) is 16.1 Å². The number of nitrogens with two attached hydrogens (primary N) is 1. The first kappa shape index (κ1) is 13.4. The monoisotopic (exact) mass is 274 g/mol. The van der Waals surface area contributed by atoms with Crippen molar-refractivity contribution < 1.29 is 0 Å². The van der Waals surface area contributed by atoms with Crippen molar-refractivity contribution in [2.24, 2.45) is 5.84 Å². The van der Waals surface area contributed by atoms with Crippen molar-refractivity contribution in [3.05, 3.63) is 40.4 Å².